The summed E-state index contributed by atoms with van der Waals surface area (Å²) in [5, 5.41) is 0. The summed E-state index contributed by atoms with van der Waals surface area (Å²) in [4.78, 5) is 30.9. The number of nitrogens with zero attached hydrogens (tertiary/aromatic N) is 3. The highest BCUT2D eigenvalue weighted by molar-refractivity contribution is 5.94. The molecule has 1 saturated heterocycles. The lowest BCUT2D eigenvalue weighted by Gasteiger charge is -2.24. The molecular formula is C24H22F3N3O2. The molecule has 0 spiro atoms. The molecule has 32 heavy (non-hydrogen) atoms. The van der Waals surface area contributed by atoms with E-state index in [0.717, 1.165) is 36.2 Å². The van der Waals surface area contributed by atoms with Crippen molar-refractivity contribution in [1.82, 2.24) is 14.5 Å². The van der Waals surface area contributed by atoms with Gasteiger partial charge in [0.15, 0.2) is 0 Å². The second kappa shape index (κ2) is 8.61. The van der Waals surface area contributed by atoms with Gasteiger partial charge in [0.2, 0.25) is 5.56 Å². The Morgan fingerprint density at radius 2 is 1.94 bits per heavy atom. The number of aryl methyl sites for hydroxylation is 1. The smallest absolute Gasteiger partial charge is 0.330 e. The molecule has 1 fully saturated rings. The molecule has 1 atom stereocenters. The van der Waals surface area contributed by atoms with E-state index < -0.39 is 11.7 Å². The lowest BCUT2D eigenvalue weighted by Crippen LogP contribution is -2.32. The van der Waals surface area contributed by atoms with Crippen LogP contribution in [0.3, 0.4) is 0 Å². The summed E-state index contributed by atoms with van der Waals surface area (Å²) in [6, 6.07) is 11.7. The van der Waals surface area contributed by atoms with Gasteiger partial charge in [-0.2, -0.15) is 13.2 Å². The van der Waals surface area contributed by atoms with Crippen LogP contribution in [0.2, 0.25) is 0 Å². The van der Waals surface area contributed by atoms with Crippen molar-refractivity contribution in [1.29, 1.82) is 0 Å². The molecule has 0 aliphatic carbocycles. The van der Waals surface area contributed by atoms with E-state index in [1.54, 1.807) is 24.2 Å². The van der Waals surface area contributed by atoms with Gasteiger partial charge in [0, 0.05) is 32.1 Å². The third kappa shape index (κ3) is 4.59. The van der Waals surface area contributed by atoms with Crippen molar-refractivity contribution in [2.45, 2.75) is 31.5 Å². The molecule has 0 saturated carbocycles. The minimum Gasteiger partial charge on any atom is -0.330 e. The number of hydrogen-bond donors (Lipinski definition) is 0. The highest BCUT2D eigenvalue weighted by Gasteiger charge is 2.32. The maximum atomic E-state index is 13.0. The third-order valence-electron chi connectivity index (χ3n) is 5.70. The number of pyridine rings is 2. The first-order valence-electron chi connectivity index (χ1n) is 10.3. The highest BCUT2D eigenvalue weighted by atomic mass is 19.4. The van der Waals surface area contributed by atoms with E-state index >= 15 is 0 Å². The number of aromatic nitrogens is 2. The first-order valence-corrected chi connectivity index (χ1v) is 10.3. The van der Waals surface area contributed by atoms with Gasteiger partial charge in [0.05, 0.1) is 22.9 Å². The molecule has 0 N–H and O–H groups in total. The fourth-order valence-corrected chi connectivity index (χ4v) is 4.03. The third-order valence-corrected chi connectivity index (χ3v) is 5.70. The summed E-state index contributed by atoms with van der Waals surface area (Å²) in [6.07, 6.45) is 0.770. The molecule has 0 radical (unpaired) electrons. The molecule has 1 aliphatic heterocycles. The zero-order chi connectivity index (χ0) is 22.9. The molecule has 3 heterocycles. The molecule has 166 valence electrons. The molecule has 1 aliphatic rings. The number of halogens is 3. The zero-order valence-electron chi connectivity index (χ0n) is 17.5. The Morgan fingerprint density at radius 1 is 1.12 bits per heavy atom. The van der Waals surface area contributed by atoms with Crippen LogP contribution in [0.5, 0.6) is 0 Å². The Bertz CT molecular complexity index is 1190. The van der Waals surface area contributed by atoms with Gasteiger partial charge in [0.1, 0.15) is 0 Å². The number of benzene rings is 1. The lowest BCUT2D eigenvalue weighted by atomic mass is 10.0. The fraction of sp³-hybridized carbons (Fsp3) is 0.292. The summed E-state index contributed by atoms with van der Waals surface area (Å²) in [7, 11) is 1.60. The summed E-state index contributed by atoms with van der Waals surface area (Å²) >= 11 is 0. The number of likely N-dealkylation sites (tertiary alicyclic amines) is 1. The molecule has 3 aromatic rings. The van der Waals surface area contributed by atoms with Gasteiger partial charge >= 0.3 is 6.18 Å². The van der Waals surface area contributed by atoms with Crippen LogP contribution in [-0.2, 0) is 19.6 Å². The van der Waals surface area contributed by atoms with Crippen LogP contribution < -0.4 is 5.56 Å². The molecule has 5 nitrogen and oxygen atoms in total. The average molecular weight is 441 g/mol. The second-order valence-electron chi connectivity index (χ2n) is 7.99. The van der Waals surface area contributed by atoms with Crippen LogP contribution >= 0.6 is 0 Å². The molecule has 2 aromatic heterocycles. The predicted octanol–water partition coefficient (Wildman–Crippen LogP) is 4.37. The number of carbonyl (C=O) groups is 1. The Hall–Kier alpha value is -3.42. The minimum atomic E-state index is -4.37. The quantitative estimate of drug-likeness (QED) is 0.604. The van der Waals surface area contributed by atoms with Crippen LogP contribution in [0.4, 0.5) is 13.2 Å². The topological polar surface area (TPSA) is 55.2 Å². The van der Waals surface area contributed by atoms with Crippen molar-refractivity contribution in [3.8, 4) is 0 Å². The first-order chi connectivity index (χ1) is 15.2. The lowest BCUT2D eigenvalue weighted by molar-refractivity contribution is -0.137. The maximum Gasteiger partial charge on any atom is 0.416 e. The van der Waals surface area contributed by atoms with Crippen molar-refractivity contribution in [3.63, 3.8) is 0 Å². The molecule has 1 amide bonds. The van der Waals surface area contributed by atoms with Crippen molar-refractivity contribution in [3.05, 3.63) is 99.2 Å². The van der Waals surface area contributed by atoms with Crippen molar-refractivity contribution in [2.24, 2.45) is 7.05 Å². The van der Waals surface area contributed by atoms with Crippen LogP contribution in [0.15, 0.2) is 65.7 Å². The van der Waals surface area contributed by atoms with Crippen LogP contribution in [-0.4, -0.2) is 26.9 Å². The highest BCUT2D eigenvalue weighted by Crippen LogP contribution is 2.33. The van der Waals surface area contributed by atoms with Gasteiger partial charge in [-0.1, -0.05) is 24.3 Å². The van der Waals surface area contributed by atoms with Gasteiger partial charge in [-0.05, 0) is 48.6 Å². The zero-order valence-corrected chi connectivity index (χ0v) is 17.5. The molecule has 0 bridgehead atoms. The average Bonchev–Trinajstić information content (AvgIpc) is 3.25. The summed E-state index contributed by atoms with van der Waals surface area (Å²) in [5.41, 5.74) is 1.69. The number of hydrogen-bond acceptors (Lipinski definition) is 3. The summed E-state index contributed by atoms with van der Waals surface area (Å²) in [5.74, 6) is -0.155. The van der Waals surface area contributed by atoms with Gasteiger partial charge in [-0.25, -0.2) is 0 Å². The predicted molar refractivity (Wildman–Crippen MR) is 113 cm³/mol. The van der Waals surface area contributed by atoms with Crippen LogP contribution in [0.25, 0.3) is 0 Å². The Morgan fingerprint density at radius 3 is 2.62 bits per heavy atom. The molecule has 4 rings (SSSR count). The van der Waals surface area contributed by atoms with E-state index in [0.29, 0.717) is 24.1 Å². The van der Waals surface area contributed by atoms with E-state index in [9.17, 15) is 22.8 Å². The first kappa shape index (κ1) is 21.8. The number of amides is 1. The van der Waals surface area contributed by atoms with Crippen molar-refractivity contribution in [2.75, 3.05) is 6.54 Å². The normalized spacial score (nSPS) is 16.4. The SMILES string of the molecule is Cn1cc(C(=O)N2CCC[C@H]2c2ccc(Cc3cccc(C(F)(F)F)c3)cn2)ccc1=O. The monoisotopic (exact) mass is 441 g/mol. The Balaban J connectivity index is 1.50. The van der Waals surface area contributed by atoms with Gasteiger partial charge in [0.25, 0.3) is 5.91 Å². The Kier molecular flexibility index (Phi) is 5.86. The number of rotatable bonds is 4. The summed E-state index contributed by atoms with van der Waals surface area (Å²) < 4.78 is 40.2. The van der Waals surface area contributed by atoms with Crippen LogP contribution in [0.1, 0.15) is 51.6 Å². The van der Waals surface area contributed by atoms with E-state index in [2.05, 4.69) is 4.98 Å². The molecule has 0 unspecified atom stereocenters. The van der Waals surface area contributed by atoms with Gasteiger partial charge in [-0.3, -0.25) is 14.6 Å². The standard InChI is InChI=1S/C24H22F3N3O2/c1-29-15-18(8-10-22(29)31)23(32)30-11-3-6-21(30)20-9-7-17(14-28-20)12-16-4-2-5-19(13-16)24(25,26)27/h2,4-5,7-10,13-15,21H,3,6,11-12H2,1H3/t21-/m0/s1. The number of alkyl halides is 3. The molecule has 8 heteroatoms. The van der Waals surface area contributed by atoms with Crippen LogP contribution in [0, 0.1) is 0 Å². The molecular weight excluding hydrogens is 419 g/mol. The fourth-order valence-electron chi connectivity index (χ4n) is 4.03. The van der Waals surface area contributed by atoms with E-state index in [1.807, 2.05) is 12.1 Å². The van der Waals surface area contributed by atoms with Gasteiger partial charge in [-0.15, -0.1) is 0 Å². The van der Waals surface area contributed by atoms with Crippen molar-refractivity contribution >= 4 is 5.91 Å². The van der Waals surface area contributed by atoms with E-state index in [4.69, 9.17) is 0 Å². The van der Waals surface area contributed by atoms with Gasteiger partial charge < -0.3 is 9.47 Å². The number of carbonyl (C=O) groups excluding carboxylic acids is 1. The maximum absolute atomic E-state index is 13.0. The largest absolute Gasteiger partial charge is 0.416 e. The van der Waals surface area contributed by atoms with Crippen molar-refractivity contribution < 1.29 is 18.0 Å². The Labute approximate surface area is 183 Å². The molecule has 1 aromatic carbocycles. The summed E-state index contributed by atoms with van der Waals surface area (Å²) in [6.45, 7) is 0.597. The van der Waals surface area contributed by atoms with E-state index in [-0.39, 0.29) is 17.5 Å². The minimum absolute atomic E-state index is 0.155. The van der Waals surface area contributed by atoms with E-state index in [1.165, 1.54) is 29.0 Å². The second-order valence-corrected chi connectivity index (χ2v) is 7.99.